The van der Waals surface area contributed by atoms with E-state index in [1.807, 2.05) is 11.8 Å². The van der Waals surface area contributed by atoms with Gasteiger partial charge in [0.25, 0.3) is 0 Å². The SMILES string of the molecule is Cc1nc(CN2CCCN(C(=O)Cc3cccc(F)c3)CC2)cs1. The van der Waals surface area contributed by atoms with Crippen LogP contribution in [0.3, 0.4) is 0 Å². The fourth-order valence-corrected chi connectivity index (χ4v) is 3.63. The molecular weight excluding hydrogens is 325 g/mol. The number of thiazole rings is 1. The molecule has 3 rings (SSSR count). The van der Waals surface area contributed by atoms with Gasteiger partial charge in [-0.3, -0.25) is 9.69 Å². The molecule has 0 atom stereocenters. The highest BCUT2D eigenvalue weighted by atomic mass is 32.1. The van der Waals surface area contributed by atoms with Crippen LogP contribution >= 0.6 is 11.3 Å². The molecule has 1 saturated heterocycles. The Balaban J connectivity index is 1.53. The molecule has 0 bridgehead atoms. The summed E-state index contributed by atoms with van der Waals surface area (Å²) < 4.78 is 13.2. The van der Waals surface area contributed by atoms with Gasteiger partial charge in [0.15, 0.2) is 0 Å². The average Bonchev–Trinajstić information content (AvgIpc) is 2.81. The quantitative estimate of drug-likeness (QED) is 0.853. The lowest BCUT2D eigenvalue weighted by atomic mass is 10.1. The van der Waals surface area contributed by atoms with Crippen LogP contribution in [0.25, 0.3) is 0 Å². The van der Waals surface area contributed by atoms with Gasteiger partial charge in [-0.05, 0) is 31.0 Å². The number of amides is 1. The molecule has 6 heteroatoms. The fraction of sp³-hybridized carbons (Fsp3) is 0.444. The Labute approximate surface area is 145 Å². The van der Waals surface area contributed by atoms with Crippen LogP contribution < -0.4 is 0 Å². The molecule has 0 unspecified atom stereocenters. The maximum atomic E-state index is 13.2. The van der Waals surface area contributed by atoms with E-state index in [9.17, 15) is 9.18 Å². The summed E-state index contributed by atoms with van der Waals surface area (Å²) in [6.45, 7) is 6.17. The van der Waals surface area contributed by atoms with Crippen LogP contribution in [0, 0.1) is 12.7 Å². The number of benzene rings is 1. The first-order valence-electron chi connectivity index (χ1n) is 8.26. The van der Waals surface area contributed by atoms with Gasteiger partial charge in [-0.15, -0.1) is 11.3 Å². The van der Waals surface area contributed by atoms with E-state index in [4.69, 9.17) is 0 Å². The fourth-order valence-electron chi connectivity index (χ4n) is 3.02. The van der Waals surface area contributed by atoms with Crippen molar-refractivity contribution < 1.29 is 9.18 Å². The number of halogens is 1. The van der Waals surface area contributed by atoms with Crippen molar-refractivity contribution in [3.63, 3.8) is 0 Å². The minimum absolute atomic E-state index is 0.0759. The van der Waals surface area contributed by atoms with Crippen molar-refractivity contribution in [1.82, 2.24) is 14.8 Å². The molecule has 2 heterocycles. The average molecular weight is 347 g/mol. The first kappa shape index (κ1) is 17.0. The lowest BCUT2D eigenvalue weighted by Crippen LogP contribution is -2.36. The summed E-state index contributed by atoms with van der Waals surface area (Å²) in [5, 5.41) is 3.19. The number of carbonyl (C=O) groups is 1. The molecule has 0 spiro atoms. The third-order valence-electron chi connectivity index (χ3n) is 4.24. The second-order valence-corrected chi connectivity index (χ2v) is 7.24. The lowest BCUT2D eigenvalue weighted by molar-refractivity contribution is -0.130. The summed E-state index contributed by atoms with van der Waals surface area (Å²) in [6.07, 6.45) is 1.22. The Kier molecular flexibility index (Phi) is 5.58. The van der Waals surface area contributed by atoms with Gasteiger partial charge >= 0.3 is 0 Å². The first-order chi connectivity index (χ1) is 11.6. The largest absolute Gasteiger partial charge is 0.341 e. The van der Waals surface area contributed by atoms with Gasteiger partial charge in [0.2, 0.25) is 5.91 Å². The van der Waals surface area contributed by atoms with Crippen molar-refractivity contribution in [2.75, 3.05) is 26.2 Å². The summed E-state index contributed by atoms with van der Waals surface area (Å²) in [5.74, 6) is -0.215. The molecule has 0 N–H and O–H groups in total. The van der Waals surface area contributed by atoms with Crippen LogP contribution in [0.2, 0.25) is 0 Å². The van der Waals surface area contributed by atoms with E-state index in [1.54, 1.807) is 23.5 Å². The van der Waals surface area contributed by atoms with Gasteiger partial charge in [-0.25, -0.2) is 9.37 Å². The van der Waals surface area contributed by atoms with Gasteiger partial charge < -0.3 is 4.90 Å². The molecule has 1 aromatic heterocycles. The number of hydrogen-bond donors (Lipinski definition) is 0. The summed E-state index contributed by atoms with van der Waals surface area (Å²) in [4.78, 5) is 21.2. The monoisotopic (exact) mass is 347 g/mol. The molecule has 1 aliphatic rings. The van der Waals surface area contributed by atoms with E-state index < -0.39 is 0 Å². The minimum Gasteiger partial charge on any atom is -0.341 e. The molecule has 1 amide bonds. The maximum absolute atomic E-state index is 13.2. The van der Waals surface area contributed by atoms with E-state index in [-0.39, 0.29) is 18.1 Å². The maximum Gasteiger partial charge on any atom is 0.227 e. The second kappa shape index (κ2) is 7.85. The molecule has 1 fully saturated rings. The molecule has 4 nitrogen and oxygen atoms in total. The highest BCUT2D eigenvalue weighted by molar-refractivity contribution is 7.09. The Morgan fingerprint density at radius 1 is 1.29 bits per heavy atom. The number of aryl methyl sites for hydroxylation is 1. The molecule has 0 aliphatic carbocycles. The van der Waals surface area contributed by atoms with E-state index in [2.05, 4.69) is 15.3 Å². The smallest absolute Gasteiger partial charge is 0.227 e. The number of hydrogen-bond acceptors (Lipinski definition) is 4. The number of aromatic nitrogens is 1. The van der Waals surface area contributed by atoms with Crippen molar-refractivity contribution in [2.24, 2.45) is 0 Å². The summed E-state index contributed by atoms with van der Waals surface area (Å²) in [7, 11) is 0. The van der Waals surface area contributed by atoms with Gasteiger partial charge in [0.1, 0.15) is 5.82 Å². The summed E-state index contributed by atoms with van der Waals surface area (Å²) in [5.41, 5.74) is 1.84. The highest BCUT2D eigenvalue weighted by Gasteiger charge is 2.20. The van der Waals surface area contributed by atoms with Crippen LogP contribution in [0.15, 0.2) is 29.6 Å². The molecule has 0 saturated carbocycles. The zero-order valence-electron chi connectivity index (χ0n) is 13.9. The third-order valence-corrected chi connectivity index (χ3v) is 5.06. The van der Waals surface area contributed by atoms with E-state index in [0.717, 1.165) is 55.4 Å². The zero-order chi connectivity index (χ0) is 16.9. The van der Waals surface area contributed by atoms with Crippen molar-refractivity contribution in [2.45, 2.75) is 26.3 Å². The van der Waals surface area contributed by atoms with Crippen LogP contribution in [-0.2, 0) is 17.8 Å². The zero-order valence-corrected chi connectivity index (χ0v) is 14.7. The number of rotatable bonds is 4. The predicted molar refractivity (Wildman–Crippen MR) is 93.4 cm³/mol. The third kappa shape index (κ3) is 4.61. The number of nitrogens with zero attached hydrogens (tertiary/aromatic N) is 3. The lowest BCUT2D eigenvalue weighted by Gasteiger charge is -2.21. The van der Waals surface area contributed by atoms with Crippen LogP contribution in [0.4, 0.5) is 4.39 Å². The van der Waals surface area contributed by atoms with Gasteiger partial charge in [0, 0.05) is 38.1 Å². The Morgan fingerprint density at radius 3 is 2.92 bits per heavy atom. The molecule has 2 aromatic rings. The van der Waals surface area contributed by atoms with Gasteiger partial charge in [-0.1, -0.05) is 12.1 Å². The predicted octanol–water partition coefficient (Wildman–Crippen LogP) is 2.87. The minimum atomic E-state index is -0.291. The molecule has 1 aromatic carbocycles. The molecule has 0 radical (unpaired) electrons. The normalized spacial score (nSPS) is 16.2. The van der Waals surface area contributed by atoms with Crippen molar-refractivity contribution >= 4 is 17.2 Å². The topological polar surface area (TPSA) is 36.4 Å². The Hall–Kier alpha value is -1.79. The Bertz CT molecular complexity index is 703. The molecule has 24 heavy (non-hydrogen) atoms. The summed E-state index contributed by atoms with van der Waals surface area (Å²) >= 11 is 1.67. The van der Waals surface area contributed by atoms with Crippen molar-refractivity contribution in [3.05, 3.63) is 51.7 Å². The van der Waals surface area contributed by atoms with Crippen molar-refractivity contribution in [1.29, 1.82) is 0 Å². The van der Waals surface area contributed by atoms with Crippen LogP contribution in [0.1, 0.15) is 22.7 Å². The number of carbonyl (C=O) groups excluding carboxylic acids is 1. The first-order valence-corrected chi connectivity index (χ1v) is 9.14. The summed E-state index contributed by atoms with van der Waals surface area (Å²) in [6, 6.07) is 6.29. The standard InChI is InChI=1S/C18H22FN3OS/c1-14-20-17(13-24-14)12-21-6-3-7-22(9-8-21)18(23)11-15-4-2-5-16(19)10-15/h2,4-5,10,13H,3,6-9,11-12H2,1H3. The van der Waals surface area contributed by atoms with Gasteiger partial charge in [-0.2, -0.15) is 0 Å². The van der Waals surface area contributed by atoms with E-state index in [0.29, 0.717) is 0 Å². The van der Waals surface area contributed by atoms with Crippen LogP contribution in [0.5, 0.6) is 0 Å². The highest BCUT2D eigenvalue weighted by Crippen LogP contribution is 2.13. The Morgan fingerprint density at radius 2 is 2.17 bits per heavy atom. The second-order valence-electron chi connectivity index (χ2n) is 6.18. The molecule has 128 valence electrons. The van der Waals surface area contributed by atoms with Gasteiger partial charge in [0.05, 0.1) is 17.1 Å². The van der Waals surface area contributed by atoms with E-state index in [1.165, 1.54) is 12.1 Å². The van der Waals surface area contributed by atoms with Crippen molar-refractivity contribution in [3.8, 4) is 0 Å². The molecule has 1 aliphatic heterocycles. The molecular formula is C18H22FN3OS. The van der Waals surface area contributed by atoms with Crippen LogP contribution in [-0.4, -0.2) is 46.9 Å². The van der Waals surface area contributed by atoms with E-state index >= 15 is 0 Å².